The van der Waals surface area contributed by atoms with E-state index in [1.165, 1.54) is 12.4 Å². The maximum Gasteiger partial charge on any atom is 0.221 e. The summed E-state index contributed by atoms with van der Waals surface area (Å²) in [5, 5.41) is 11.6. The largest absolute Gasteiger partial charge is 0.494 e. The van der Waals surface area contributed by atoms with E-state index in [0.29, 0.717) is 28.3 Å². The lowest BCUT2D eigenvalue weighted by Crippen LogP contribution is -2.02. The van der Waals surface area contributed by atoms with Gasteiger partial charge in [-0.2, -0.15) is 5.10 Å². The average molecular weight is 434 g/mol. The highest BCUT2D eigenvalue weighted by Gasteiger charge is 2.22. The summed E-state index contributed by atoms with van der Waals surface area (Å²) in [5.74, 6) is 1.04. The van der Waals surface area contributed by atoms with Crippen LogP contribution in [-0.2, 0) is 9.84 Å². The fourth-order valence-corrected chi connectivity index (χ4v) is 4.62. The van der Waals surface area contributed by atoms with Crippen LogP contribution < -0.4 is 10.1 Å². The zero-order valence-corrected chi connectivity index (χ0v) is 17.5. The lowest BCUT2D eigenvalue weighted by molar-refractivity contribution is 0.417. The number of anilines is 2. The molecule has 3 aromatic heterocycles. The molecule has 0 radical (unpaired) electrons. The van der Waals surface area contributed by atoms with E-state index in [1.807, 2.05) is 19.1 Å². The van der Waals surface area contributed by atoms with Crippen molar-refractivity contribution in [3.63, 3.8) is 0 Å². The number of ether oxygens (including phenoxy) is 1. The molecule has 0 atom stereocenters. The summed E-state index contributed by atoms with van der Waals surface area (Å²) >= 11 is 0. The smallest absolute Gasteiger partial charge is 0.221 e. The molecule has 0 aliphatic heterocycles. The van der Waals surface area contributed by atoms with Gasteiger partial charge in [-0.1, -0.05) is 17.7 Å². The van der Waals surface area contributed by atoms with E-state index >= 15 is 0 Å². The zero-order valence-electron chi connectivity index (χ0n) is 16.7. The Morgan fingerprint density at radius 2 is 1.87 bits per heavy atom. The monoisotopic (exact) mass is 434 g/mol. The molecule has 0 spiro atoms. The third kappa shape index (κ3) is 3.26. The van der Waals surface area contributed by atoms with E-state index < -0.39 is 9.84 Å². The van der Waals surface area contributed by atoms with Gasteiger partial charge < -0.3 is 15.0 Å². The van der Waals surface area contributed by atoms with Crippen molar-refractivity contribution in [2.45, 2.75) is 16.8 Å². The van der Waals surface area contributed by atoms with E-state index in [2.05, 4.69) is 30.5 Å². The molecule has 0 amide bonds. The number of hydrogen-bond acceptors (Lipinski definition) is 7. The van der Waals surface area contributed by atoms with Crippen LogP contribution in [0, 0.1) is 6.92 Å². The second-order valence-corrected chi connectivity index (χ2v) is 8.99. The average Bonchev–Trinajstić information content (AvgIpc) is 3.41. The number of rotatable bonds is 5. The highest BCUT2D eigenvalue weighted by Crippen LogP contribution is 2.34. The third-order valence-corrected chi connectivity index (χ3v) is 6.73. The fourth-order valence-electron chi connectivity index (χ4n) is 3.37. The zero-order chi connectivity index (χ0) is 21.6. The molecule has 0 unspecified atom stereocenters. The molecule has 0 aliphatic rings. The van der Waals surface area contributed by atoms with Crippen molar-refractivity contribution in [2.75, 3.05) is 12.4 Å². The Bertz CT molecular complexity index is 1520. The number of aryl methyl sites for hydroxylation is 1. The topological polar surface area (TPSA) is 126 Å². The molecule has 2 aromatic carbocycles. The predicted octanol–water partition coefficient (Wildman–Crippen LogP) is 3.73. The Balaban J connectivity index is 1.59. The first-order valence-electron chi connectivity index (χ1n) is 9.39. The van der Waals surface area contributed by atoms with E-state index in [-0.39, 0.29) is 9.92 Å². The number of nitrogens with zero attached hydrogens (tertiary/aromatic N) is 3. The number of hydrogen-bond donors (Lipinski definition) is 3. The first-order valence-corrected chi connectivity index (χ1v) is 10.9. The molecule has 31 heavy (non-hydrogen) atoms. The van der Waals surface area contributed by atoms with Crippen molar-refractivity contribution < 1.29 is 13.2 Å². The first-order chi connectivity index (χ1) is 15.0. The summed E-state index contributed by atoms with van der Waals surface area (Å²) in [4.78, 5) is 11.6. The molecule has 5 rings (SSSR count). The number of H-pyrrole nitrogens is 2. The van der Waals surface area contributed by atoms with Gasteiger partial charge in [0, 0.05) is 11.5 Å². The van der Waals surface area contributed by atoms with Crippen LogP contribution in [0.2, 0.25) is 0 Å². The van der Waals surface area contributed by atoms with Gasteiger partial charge in [0.15, 0.2) is 0 Å². The lowest BCUT2D eigenvalue weighted by atomic mass is 10.2. The highest BCUT2D eigenvalue weighted by atomic mass is 32.2. The van der Waals surface area contributed by atoms with Crippen molar-refractivity contribution in [2.24, 2.45) is 0 Å². The van der Waals surface area contributed by atoms with Crippen LogP contribution >= 0.6 is 0 Å². The van der Waals surface area contributed by atoms with Gasteiger partial charge in [0.2, 0.25) is 9.84 Å². The molecule has 0 bridgehead atoms. The Labute approximate surface area is 177 Å². The molecule has 0 fully saturated rings. The first kappa shape index (κ1) is 19.1. The van der Waals surface area contributed by atoms with Gasteiger partial charge in [0.1, 0.15) is 28.6 Å². The van der Waals surface area contributed by atoms with Gasteiger partial charge in [0.25, 0.3) is 0 Å². The molecule has 0 saturated heterocycles. The van der Waals surface area contributed by atoms with E-state index in [4.69, 9.17) is 4.74 Å². The predicted molar refractivity (Wildman–Crippen MR) is 116 cm³/mol. The standard InChI is InChI=1S/C21H18N6O3S/c1-12-3-5-14(6-4-12)31(28,29)19-8-15-20(22-11-23-21(15)26-19)25-17-7-13-10-24-27-16(13)9-18(17)30-2/h3-11H,1-2H3,(H,24,27)(H2,22,23,25,26). The van der Waals surface area contributed by atoms with Crippen molar-refractivity contribution in [1.82, 2.24) is 25.1 Å². The second kappa shape index (κ2) is 7.10. The molecule has 156 valence electrons. The van der Waals surface area contributed by atoms with Crippen LogP contribution in [0.1, 0.15) is 5.56 Å². The van der Waals surface area contributed by atoms with Gasteiger partial charge in [-0.15, -0.1) is 0 Å². The summed E-state index contributed by atoms with van der Waals surface area (Å²) in [6.45, 7) is 1.90. The van der Waals surface area contributed by atoms with Crippen molar-refractivity contribution in [3.8, 4) is 5.75 Å². The van der Waals surface area contributed by atoms with Crippen molar-refractivity contribution in [3.05, 3.63) is 60.6 Å². The maximum atomic E-state index is 13.1. The highest BCUT2D eigenvalue weighted by molar-refractivity contribution is 7.91. The van der Waals surface area contributed by atoms with Crippen LogP contribution in [0.4, 0.5) is 11.5 Å². The number of aromatic amines is 2. The summed E-state index contributed by atoms with van der Waals surface area (Å²) in [6, 6.07) is 11.9. The quantitative estimate of drug-likeness (QED) is 0.385. The van der Waals surface area contributed by atoms with Crippen molar-refractivity contribution >= 4 is 43.3 Å². The minimum atomic E-state index is -3.73. The van der Waals surface area contributed by atoms with Gasteiger partial charge in [-0.25, -0.2) is 18.4 Å². The molecule has 9 nitrogen and oxygen atoms in total. The molecule has 0 aliphatic carbocycles. The number of benzene rings is 2. The molecular weight excluding hydrogens is 416 g/mol. The molecule has 3 heterocycles. The van der Waals surface area contributed by atoms with Gasteiger partial charge in [0.05, 0.1) is 34.8 Å². The molecule has 0 saturated carbocycles. The number of fused-ring (bicyclic) bond motifs is 2. The Kier molecular flexibility index (Phi) is 4.36. The number of aromatic nitrogens is 5. The lowest BCUT2D eigenvalue weighted by Gasteiger charge is -2.11. The van der Waals surface area contributed by atoms with E-state index in [1.54, 1.807) is 37.6 Å². The van der Waals surface area contributed by atoms with Crippen LogP contribution in [0.5, 0.6) is 5.75 Å². The minimum Gasteiger partial charge on any atom is -0.494 e. The van der Waals surface area contributed by atoms with Crippen LogP contribution in [0.3, 0.4) is 0 Å². The summed E-state index contributed by atoms with van der Waals surface area (Å²) < 4.78 is 31.6. The van der Waals surface area contributed by atoms with Gasteiger partial charge in [-0.3, -0.25) is 5.10 Å². The summed E-state index contributed by atoms with van der Waals surface area (Å²) in [7, 11) is -2.16. The van der Waals surface area contributed by atoms with Crippen LogP contribution in [0.25, 0.3) is 21.9 Å². The SMILES string of the molecule is COc1cc2[nH]ncc2cc1Nc1ncnc2[nH]c(S(=O)(=O)c3ccc(C)cc3)cc12. The minimum absolute atomic E-state index is 0.0483. The van der Waals surface area contributed by atoms with Crippen molar-refractivity contribution in [1.29, 1.82) is 0 Å². The second-order valence-electron chi connectivity index (χ2n) is 7.07. The Hall–Kier alpha value is -3.92. The van der Waals surface area contributed by atoms with E-state index in [0.717, 1.165) is 16.5 Å². The van der Waals surface area contributed by atoms with Gasteiger partial charge >= 0.3 is 0 Å². The third-order valence-electron chi connectivity index (χ3n) is 5.04. The summed E-state index contributed by atoms with van der Waals surface area (Å²) in [5.41, 5.74) is 2.90. The van der Waals surface area contributed by atoms with Crippen LogP contribution in [-0.4, -0.2) is 40.7 Å². The number of sulfone groups is 1. The fraction of sp³-hybridized carbons (Fsp3) is 0.0952. The van der Waals surface area contributed by atoms with Crippen LogP contribution in [0.15, 0.2) is 64.9 Å². The normalized spacial score (nSPS) is 11.8. The molecule has 10 heteroatoms. The molecule has 5 aromatic rings. The Morgan fingerprint density at radius 3 is 2.65 bits per heavy atom. The van der Waals surface area contributed by atoms with Gasteiger partial charge in [-0.05, 0) is 31.2 Å². The maximum absolute atomic E-state index is 13.1. The summed E-state index contributed by atoms with van der Waals surface area (Å²) in [6.07, 6.45) is 3.07. The number of nitrogens with one attached hydrogen (secondary N) is 3. The Morgan fingerprint density at radius 1 is 1.06 bits per heavy atom. The van der Waals surface area contributed by atoms with E-state index in [9.17, 15) is 8.42 Å². The number of methoxy groups -OCH3 is 1. The molecular formula is C21H18N6O3S. The molecule has 3 N–H and O–H groups in total.